The van der Waals surface area contributed by atoms with Gasteiger partial charge in [-0.1, -0.05) is 98.8 Å². The van der Waals surface area contributed by atoms with Crippen molar-refractivity contribution in [3.8, 4) is 45.0 Å². The molecule has 1 aliphatic rings. The monoisotopic (exact) mass is 531 g/mol. The highest BCUT2D eigenvalue weighted by Crippen LogP contribution is 2.52. The molecule has 0 amide bonds. The van der Waals surface area contributed by atoms with Crippen LogP contribution in [0.15, 0.2) is 116 Å². The molecule has 0 atom stereocenters. The van der Waals surface area contributed by atoms with Crippen LogP contribution in [0.3, 0.4) is 0 Å². The van der Waals surface area contributed by atoms with Crippen LogP contribution in [0.1, 0.15) is 25.0 Å². The Kier molecular flexibility index (Phi) is 5.04. The lowest BCUT2D eigenvalue weighted by atomic mass is 9.80. The lowest BCUT2D eigenvalue weighted by molar-refractivity contribution is 0.658. The Hall–Kier alpha value is -4.67. The number of rotatable bonds is 3. The molecule has 3 aromatic heterocycles. The van der Waals surface area contributed by atoms with Gasteiger partial charge in [0.1, 0.15) is 0 Å². The van der Waals surface area contributed by atoms with E-state index in [1.807, 2.05) is 35.9 Å². The Balaban J connectivity index is 1.40. The first-order valence-electron chi connectivity index (χ1n) is 13.5. The van der Waals surface area contributed by atoms with E-state index in [1.165, 1.54) is 42.4 Å². The molecule has 0 radical (unpaired) electrons. The van der Waals surface area contributed by atoms with Crippen molar-refractivity contribution in [2.24, 2.45) is 0 Å². The summed E-state index contributed by atoms with van der Waals surface area (Å²) in [6, 6.07) is 36.6. The molecule has 1 aliphatic carbocycles. The molecule has 0 unspecified atom stereocenters. The van der Waals surface area contributed by atoms with Gasteiger partial charge in [0, 0.05) is 60.2 Å². The van der Waals surface area contributed by atoms with E-state index in [1.54, 1.807) is 0 Å². The largest absolute Gasteiger partial charge is 0.265 e. The first-order valence-corrected chi connectivity index (χ1v) is 14.3. The van der Waals surface area contributed by atoms with E-state index in [4.69, 9.17) is 9.97 Å². The van der Waals surface area contributed by atoms with Gasteiger partial charge in [-0.2, -0.15) is 0 Å². The van der Waals surface area contributed by atoms with Crippen LogP contribution in [0.2, 0.25) is 0 Å². The van der Waals surface area contributed by atoms with Gasteiger partial charge in [-0.25, -0.2) is 9.97 Å². The maximum atomic E-state index is 5.37. The maximum Gasteiger partial charge on any atom is 0.160 e. The summed E-state index contributed by atoms with van der Waals surface area (Å²) in [5.74, 6) is 0.751. The van der Waals surface area contributed by atoms with Crippen molar-refractivity contribution in [3.05, 3.63) is 127 Å². The standard InChI is InChI=1S/C36H25N3S/c1-36(2)29-12-5-3-9-27(29)32-31(36)33(28-11-7-10-26-25-8-4-6-13-30(25)40-34(26)28)39-35(38-32)24-16-14-22(15-17-24)23-18-20-37-21-19-23/h3-21H,1-2H3. The topological polar surface area (TPSA) is 38.7 Å². The molecule has 0 bridgehead atoms. The zero-order valence-corrected chi connectivity index (χ0v) is 23.0. The van der Waals surface area contributed by atoms with E-state index in [-0.39, 0.29) is 5.41 Å². The second kappa shape index (κ2) is 8.67. The summed E-state index contributed by atoms with van der Waals surface area (Å²) in [6.07, 6.45) is 3.65. The lowest BCUT2D eigenvalue weighted by Gasteiger charge is -2.24. The molecule has 3 heterocycles. The average molecular weight is 532 g/mol. The summed E-state index contributed by atoms with van der Waals surface area (Å²) in [5.41, 5.74) is 10.0. The Morgan fingerprint density at radius 3 is 2.02 bits per heavy atom. The second-order valence-electron chi connectivity index (χ2n) is 10.9. The molecular formula is C36H25N3S. The predicted octanol–water partition coefficient (Wildman–Crippen LogP) is 9.55. The van der Waals surface area contributed by atoms with Crippen molar-refractivity contribution in [2.45, 2.75) is 19.3 Å². The molecule has 4 heteroatoms. The first kappa shape index (κ1) is 23.2. The first-order chi connectivity index (χ1) is 19.6. The summed E-state index contributed by atoms with van der Waals surface area (Å²) >= 11 is 1.85. The van der Waals surface area contributed by atoms with Gasteiger partial charge in [-0.3, -0.25) is 4.98 Å². The minimum Gasteiger partial charge on any atom is -0.265 e. The molecule has 0 saturated heterocycles. The molecule has 8 rings (SSSR count). The number of benzene rings is 4. The molecule has 7 aromatic rings. The maximum absolute atomic E-state index is 5.37. The zero-order valence-electron chi connectivity index (χ0n) is 22.2. The highest BCUT2D eigenvalue weighted by molar-refractivity contribution is 7.26. The van der Waals surface area contributed by atoms with Crippen LogP contribution in [0, 0.1) is 0 Å². The molecule has 0 N–H and O–H groups in total. The van der Waals surface area contributed by atoms with Gasteiger partial charge in [0.2, 0.25) is 0 Å². The van der Waals surface area contributed by atoms with Crippen LogP contribution in [-0.2, 0) is 5.41 Å². The van der Waals surface area contributed by atoms with Gasteiger partial charge in [0.15, 0.2) is 5.82 Å². The van der Waals surface area contributed by atoms with Crippen molar-refractivity contribution < 1.29 is 0 Å². The van der Waals surface area contributed by atoms with Crippen LogP contribution in [0.5, 0.6) is 0 Å². The average Bonchev–Trinajstić information content (AvgIpc) is 3.50. The molecular weight excluding hydrogens is 506 g/mol. The van der Waals surface area contributed by atoms with Gasteiger partial charge in [0.05, 0.1) is 11.4 Å². The van der Waals surface area contributed by atoms with Crippen LogP contribution < -0.4 is 0 Å². The van der Waals surface area contributed by atoms with Crippen molar-refractivity contribution in [1.82, 2.24) is 15.0 Å². The fraction of sp³-hybridized carbons (Fsp3) is 0.0833. The van der Waals surface area contributed by atoms with Gasteiger partial charge >= 0.3 is 0 Å². The number of hydrogen-bond acceptors (Lipinski definition) is 4. The van der Waals surface area contributed by atoms with Crippen LogP contribution in [0.4, 0.5) is 0 Å². The summed E-state index contributed by atoms with van der Waals surface area (Å²) in [4.78, 5) is 14.8. The number of pyridine rings is 1. The van der Waals surface area contributed by atoms with E-state index in [9.17, 15) is 0 Å². The van der Waals surface area contributed by atoms with Crippen molar-refractivity contribution in [2.75, 3.05) is 0 Å². The van der Waals surface area contributed by atoms with E-state index in [2.05, 4.69) is 110 Å². The normalized spacial score (nSPS) is 13.4. The van der Waals surface area contributed by atoms with Crippen molar-refractivity contribution >= 4 is 31.5 Å². The van der Waals surface area contributed by atoms with Gasteiger partial charge in [-0.05, 0) is 34.9 Å². The number of fused-ring (bicyclic) bond motifs is 6. The minimum absolute atomic E-state index is 0.218. The summed E-state index contributed by atoms with van der Waals surface area (Å²) in [6.45, 7) is 4.61. The molecule has 3 nitrogen and oxygen atoms in total. The number of hydrogen-bond donors (Lipinski definition) is 0. The summed E-state index contributed by atoms with van der Waals surface area (Å²) in [5, 5.41) is 2.58. The Morgan fingerprint density at radius 2 is 1.20 bits per heavy atom. The van der Waals surface area contributed by atoms with Crippen LogP contribution in [0.25, 0.3) is 65.2 Å². The smallest absolute Gasteiger partial charge is 0.160 e. The predicted molar refractivity (Wildman–Crippen MR) is 167 cm³/mol. The van der Waals surface area contributed by atoms with Crippen molar-refractivity contribution in [3.63, 3.8) is 0 Å². The van der Waals surface area contributed by atoms with Gasteiger partial charge in [0.25, 0.3) is 0 Å². The van der Waals surface area contributed by atoms with Crippen LogP contribution >= 0.6 is 11.3 Å². The third-order valence-corrected chi connectivity index (χ3v) is 9.43. The molecule has 4 aromatic carbocycles. The molecule has 0 fully saturated rings. The molecule has 0 spiro atoms. The van der Waals surface area contributed by atoms with Crippen LogP contribution in [-0.4, -0.2) is 15.0 Å². The van der Waals surface area contributed by atoms with E-state index >= 15 is 0 Å². The SMILES string of the molecule is CC1(C)c2ccccc2-c2nc(-c3ccc(-c4ccncc4)cc3)nc(-c3cccc4c3sc3ccccc34)c21. The highest BCUT2D eigenvalue weighted by atomic mass is 32.1. The molecule has 40 heavy (non-hydrogen) atoms. The zero-order chi connectivity index (χ0) is 26.8. The minimum atomic E-state index is -0.218. The number of thiophene rings is 1. The van der Waals surface area contributed by atoms with Gasteiger partial charge < -0.3 is 0 Å². The van der Waals surface area contributed by atoms with E-state index in [0.29, 0.717) is 0 Å². The third-order valence-electron chi connectivity index (χ3n) is 8.21. The highest BCUT2D eigenvalue weighted by Gasteiger charge is 2.40. The van der Waals surface area contributed by atoms with E-state index < -0.39 is 0 Å². The summed E-state index contributed by atoms with van der Waals surface area (Å²) < 4.78 is 2.57. The number of aromatic nitrogens is 3. The summed E-state index contributed by atoms with van der Waals surface area (Å²) in [7, 11) is 0. The Morgan fingerprint density at radius 1 is 0.575 bits per heavy atom. The Bertz CT molecular complexity index is 2070. The number of nitrogens with zero attached hydrogens (tertiary/aromatic N) is 3. The van der Waals surface area contributed by atoms with Crippen molar-refractivity contribution in [1.29, 1.82) is 0 Å². The molecule has 0 aliphatic heterocycles. The van der Waals surface area contributed by atoms with Gasteiger partial charge in [-0.15, -0.1) is 11.3 Å². The fourth-order valence-electron chi connectivity index (χ4n) is 6.23. The second-order valence-corrected chi connectivity index (χ2v) is 11.9. The third kappa shape index (κ3) is 3.39. The molecule has 190 valence electrons. The fourth-order valence-corrected chi connectivity index (χ4v) is 7.45. The lowest BCUT2D eigenvalue weighted by Crippen LogP contribution is -2.17. The quantitative estimate of drug-likeness (QED) is 0.228. The Labute approximate surface area is 236 Å². The molecule has 0 saturated carbocycles. The van der Waals surface area contributed by atoms with E-state index in [0.717, 1.165) is 33.9 Å².